The zero-order valence-corrected chi connectivity index (χ0v) is 27.4. The number of carbonyl (C=O) groups is 4. The minimum absolute atomic E-state index is 0.00199. The molecule has 5 amide bonds. The Morgan fingerprint density at radius 3 is 2.50 bits per heavy atom. The predicted molar refractivity (Wildman–Crippen MR) is 182 cm³/mol. The Bertz CT molecular complexity index is 1870. The highest BCUT2D eigenvalue weighted by Crippen LogP contribution is 2.30. The van der Waals surface area contributed by atoms with Gasteiger partial charge in [0, 0.05) is 32.6 Å². The molecule has 2 aliphatic rings. The van der Waals surface area contributed by atoms with Crippen molar-refractivity contribution in [3.8, 4) is 5.75 Å². The largest absolute Gasteiger partial charge is 0.508 e. The molecule has 4 aromatic rings. The smallest absolute Gasteiger partial charge is 0.334 e. The van der Waals surface area contributed by atoms with Gasteiger partial charge >= 0.3 is 6.03 Å². The SMILES string of the molecule is C=CCN1CC(=O)N2[C@@H](Cc3ccc(O)cc3)C(=O)N(Cc3cccc4nnn(CC(=O)NCCO)c34)C[C@@H]2N1C(=O)NCc1ccccc1. The lowest BCUT2D eigenvalue weighted by Gasteiger charge is -2.55. The summed E-state index contributed by atoms with van der Waals surface area (Å²) in [5.74, 6) is -0.915. The third kappa shape index (κ3) is 7.28. The average Bonchev–Trinajstić information content (AvgIpc) is 3.52. The summed E-state index contributed by atoms with van der Waals surface area (Å²) in [6.07, 6.45) is 0.900. The van der Waals surface area contributed by atoms with Gasteiger partial charge in [0.05, 0.1) is 25.2 Å². The Balaban J connectivity index is 1.36. The zero-order chi connectivity index (χ0) is 35.2. The molecule has 15 nitrogen and oxygen atoms in total. The van der Waals surface area contributed by atoms with Crippen molar-refractivity contribution >= 4 is 34.8 Å². The van der Waals surface area contributed by atoms with Crippen LogP contribution in [0.3, 0.4) is 0 Å². The maximum absolute atomic E-state index is 14.5. The van der Waals surface area contributed by atoms with E-state index in [4.69, 9.17) is 5.11 Å². The maximum atomic E-state index is 14.5. The van der Waals surface area contributed by atoms with Crippen LogP contribution in [0.2, 0.25) is 0 Å². The fourth-order valence-corrected chi connectivity index (χ4v) is 6.49. The minimum atomic E-state index is -0.965. The van der Waals surface area contributed by atoms with Gasteiger partial charge in [0.15, 0.2) is 0 Å². The van der Waals surface area contributed by atoms with Crippen LogP contribution in [0.5, 0.6) is 5.75 Å². The number of nitrogens with one attached hydrogen (secondary N) is 2. The van der Waals surface area contributed by atoms with E-state index in [2.05, 4.69) is 27.5 Å². The van der Waals surface area contributed by atoms with Gasteiger partial charge in [-0.05, 0) is 34.9 Å². The lowest BCUT2D eigenvalue weighted by atomic mass is 9.98. The van der Waals surface area contributed by atoms with Crippen molar-refractivity contribution in [2.75, 3.05) is 32.8 Å². The van der Waals surface area contributed by atoms with Gasteiger partial charge < -0.3 is 30.6 Å². The second-order valence-corrected chi connectivity index (χ2v) is 12.1. The third-order valence-electron chi connectivity index (χ3n) is 8.74. The van der Waals surface area contributed by atoms with Crippen LogP contribution in [0.4, 0.5) is 4.79 Å². The van der Waals surface area contributed by atoms with Crippen molar-refractivity contribution in [2.24, 2.45) is 0 Å². The molecule has 260 valence electrons. The fraction of sp³-hybridized carbons (Fsp3) is 0.314. The summed E-state index contributed by atoms with van der Waals surface area (Å²) in [6.45, 7) is 3.98. The van der Waals surface area contributed by atoms with Crippen molar-refractivity contribution < 1.29 is 29.4 Å². The van der Waals surface area contributed by atoms with Gasteiger partial charge in [-0.15, -0.1) is 11.7 Å². The number of aliphatic hydroxyl groups is 1. The first-order valence-corrected chi connectivity index (χ1v) is 16.3. The summed E-state index contributed by atoms with van der Waals surface area (Å²) in [4.78, 5) is 58.0. The van der Waals surface area contributed by atoms with Gasteiger partial charge in [-0.1, -0.05) is 65.9 Å². The molecule has 2 aliphatic heterocycles. The van der Waals surface area contributed by atoms with Gasteiger partial charge in [-0.3, -0.25) is 14.4 Å². The van der Waals surface area contributed by atoms with Gasteiger partial charge in [-0.25, -0.2) is 19.5 Å². The molecule has 2 atom stereocenters. The normalized spacial score (nSPS) is 17.9. The van der Waals surface area contributed by atoms with Crippen molar-refractivity contribution in [2.45, 2.75) is 38.3 Å². The van der Waals surface area contributed by atoms with Crippen LogP contribution >= 0.6 is 0 Å². The van der Waals surface area contributed by atoms with Crippen molar-refractivity contribution in [1.82, 2.24) is 45.4 Å². The Morgan fingerprint density at radius 1 is 0.980 bits per heavy atom. The molecule has 0 spiro atoms. The Hall–Kier alpha value is -5.80. The number of aliphatic hydroxyl groups excluding tert-OH is 1. The summed E-state index contributed by atoms with van der Waals surface area (Å²) < 4.78 is 1.45. The quantitative estimate of drug-likeness (QED) is 0.159. The van der Waals surface area contributed by atoms with Gasteiger partial charge in [0.2, 0.25) is 17.7 Å². The van der Waals surface area contributed by atoms with Crippen LogP contribution in [-0.4, -0.2) is 114 Å². The van der Waals surface area contributed by atoms with Gasteiger partial charge in [0.25, 0.3) is 0 Å². The second kappa shape index (κ2) is 15.2. The number of benzene rings is 3. The van der Waals surface area contributed by atoms with E-state index in [0.717, 1.165) is 11.1 Å². The number of phenolic OH excluding ortho intramolecular Hbond substituents is 1. The van der Waals surface area contributed by atoms with E-state index >= 15 is 0 Å². The summed E-state index contributed by atoms with van der Waals surface area (Å²) in [6, 6.07) is 19.9. The number of carbonyl (C=O) groups excluding carboxylic acids is 4. The molecule has 3 aromatic carbocycles. The summed E-state index contributed by atoms with van der Waals surface area (Å²) >= 11 is 0. The molecular weight excluding hydrogens is 642 g/mol. The molecule has 0 bridgehead atoms. The number of hydrogen-bond donors (Lipinski definition) is 4. The monoisotopic (exact) mass is 681 g/mol. The molecule has 15 heteroatoms. The van der Waals surface area contributed by atoms with Crippen LogP contribution in [0.15, 0.2) is 85.5 Å². The van der Waals surface area contributed by atoms with Crippen molar-refractivity contribution in [3.63, 3.8) is 0 Å². The standard InChI is InChI=1S/C35H39N9O6/c1-2-16-41-23-32(48)43-29(18-24-11-13-27(46)14-12-24)34(49)40(22-31(43)44(41)35(50)37-19-25-7-4-3-5-8-25)20-26-9-6-10-28-33(26)42(39-38-28)21-30(47)36-15-17-45/h2-14,29,31,45-46H,1,15-23H2,(H,36,47)(H,37,50)/t29-,31-/m0/s1. The van der Waals surface area contributed by atoms with E-state index < -0.39 is 18.2 Å². The van der Waals surface area contributed by atoms with Crippen LogP contribution in [-0.2, 0) is 40.4 Å². The topological polar surface area (TPSA) is 176 Å². The zero-order valence-electron chi connectivity index (χ0n) is 27.4. The first-order chi connectivity index (χ1) is 24.3. The number of amides is 5. The average molecular weight is 682 g/mol. The lowest BCUT2D eigenvalue weighted by Crippen LogP contribution is -2.76. The van der Waals surface area contributed by atoms with E-state index in [1.165, 1.54) is 26.7 Å². The van der Waals surface area contributed by atoms with Crippen LogP contribution in [0.1, 0.15) is 16.7 Å². The molecule has 0 aliphatic carbocycles. The van der Waals surface area contributed by atoms with Crippen LogP contribution in [0.25, 0.3) is 11.0 Å². The molecule has 0 unspecified atom stereocenters. The Labute approximate surface area is 288 Å². The molecule has 2 saturated heterocycles. The lowest BCUT2D eigenvalue weighted by molar-refractivity contribution is -0.189. The molecule has 50 heavy (non-hydrogen) atoms. The fourth-order valence-electron chi connectivity index (χ4n) is 6.49. The number of urea groups is 1. The number of aromatic nitrogens is 3. The van der Waals surface area contributed by atoms with E-state index in [-0.39, 0.29) is 82.3 Å². The number of piperazine rings is 1. The highest BCUT2D eigenvalue weighted by atomic mass is 16.3. The number of fused-ring (bicyclic) bond motifs is 2. The minimum Gasteiger partial charge on any atom is -0.508 e. The number of aromatic hydroxyl groups is 1. The number of phenols is 1. The molecule has 3 heterocycles. The molecule has 6 rings (SSSR count). The van der Waals surface area contributed by atoms with Crippen molar-refractivity contribution in [3.05, 3.63) is 102 Å². The molecule has 0 radical (unpaired) electrons. The van der Waals surface area contributed by atoms with Gasteiger partial charge in [0.1, 0.15) is 30.0 Å². The first kappa shape index (κ1) is 34.1. The molecule has 1 aromatic heterocycles. The molecule has 4 N–H and O–H groups in total. The number of para-hydroxylation sites is 1. The Kier molecular flexibility index (Phi) is 10.3. The first-order valence-electron chi connectivity index (χ1n) is 16.3. The molecule has 0 saturated carbocycles. The van der Waals surface area contributed by atoms with E-state index in [0.29, 0.717) is 16.6 Å². The van der Waals surface area contributed by atoms with E-state index in [1.54, 1.807) is 40.3 Å². The number of rotatable bonds is 12. The van der Waals surface area contributed by atoms with Crippen LogP contribution < -0.4 is 10.6 Å². The molecule has 2 fully saturated rings. The number of hydrazine groups is 1. The molecular formula is C35H39N9O6. The van der Waals surface area contributed by atoms with Crippen molar-refractivity contribution in [1.29, 1.82) is 0 Å². The predicted octanol–water partition coefficient (Wildman–Crippen LogP) is 0.982. The number of nitrogens with zero attached hydrogens (tertiary/aromatic N) is 7. The third-order valence-corrected chi connectivity index (χ3v) is 8.74. The summed E-state index contributed by atoms with van der Waals surface area (Å²) in [5.41, 5.74) is 3.37. The highest BCUT2D eigenvalue weighted by molar-refractivity contribution is 5.92. The summed E-state index contributed by atoms with van der Waals surface area (Å²) in [5, 5.41) is 36.1. The number of hydrogen-bond acceptors (Lipinski definition) is 9. The van der Waals surface area contributed by atoms with Crippen LogP contribution in [0, 0.1) is 0 Å². The van der Waals surface area contributed by atoms with Gasteiger partial charge in [-0.2, -0.15) is 0 Å². The van der Waals surface area contributed by atoms with E-state index in [1.807, 2.05) is 36.4 Å². The highest BCUT2D eigenvalue weighted by Gasteiger charge is 2.51. The van der Waals surface area contributed by atoms with E-state index in [9.17, 15) is 24.3 Å². The second-order valence-electron chi connectivity index (χ2n) is 12.1. The Morgan fingerprint density at radius 2 is 1.76 bits per heavy atom. The maximum Gasteiger partial charge on any atom is 0.334 e. The summed E-state index contributed by atoms with van der Waals surface area (Å²) in [7, 11) is 0.